The molecule has 7 heteroatoms. The van der Waals surface area contributed by atoms with Gasteiger partial charge in [-0.25, -0.2) is 4.79 Å². The number of hydrogen-bond donors (Lipinski definition) is 1. The van der Waals surface area contributed by atoms with Gasteiger partial charge in [-0.1, -0.05) is 29.3 Å². The largest absolute Gasteiger partial charge is 0.489 e. The number of carbonyl (C=O) groups excluding carboxylic acids is 2. The molecule has 0 fully saturated rings. The van der Waals surface area contributed by atoms with Gasteiger partial charge >= 0.3 is 5.97 Å². The Bertz CT molecular complexity index is 850. The molecule has 0 aromatic heterocycles. The van der Waals surface area contributed by atoms with Crippen LogP contribution in [0.1, 0.15) is 29.3 Å². The van der Waals surface area contributed by atoms with Crippen molar-refractivity contribution in [3.8, 4) is 11.5 Å². The molecule has 1 atom stereocenters. The van der Waals surface area contributed by atoms with E-state index in [2.05, 4.69) is 5.32 Å². The molecule has 0 spiro atoms. The molecule has 6 nitrogen and oxygen atoms in total. The van der Waals surface area contributed by atoms with E-state index in [1.54, 1.807) is 12.1 Å². The van der Waals surface area contributed by atoms with E-state index < -0.39 is 18.0 Å². The van der Waals surface area contributed by atoms with Crippen LogP contribution in [0, 0.1) is 6.92 Å². The van der Waals surface area contributed by atoms with E-state index in [9.17, 15) is 9.59 Å². The molecule has 0 saturated heterocycles. The maximum Gasteiger partial charge on any atom is 0.339 e. The van der Waals surface area contributed by atoms with Gasteiger partial charge in [0.05, 0.1) is 23.8 Å². The second kappa shape index (κ2) is 8.31. The average molecular weight is 390 g/mol. The summed E-state index contributed by atoms with van der Waals surface area (Å²) in [5.41, 5.74) is 1.91. The van der Waals surface area contributed by atoms with Crippen LogP contribution in [0.2, 0.25) is 5.02 Å². The highest BCUT2D eigenvalue weighted by atomic mass is 35.5. The fourth-order valence-electron chi connectivity index (χ4n) is 2.51. The zero-order valence-corrected chi connectivity index (χ0v) is 15.8. The minimum absolute atomic E-state index is 0.194. The Morgan fingerprint density at radius 3 is 2.59 bits per heavy atom. The van der Waals surface area contributed by atoms with Gasteiger partial charge in [0.25, 0.3) is 5.91 Å². The van der Waals surface area contributed by atoms with Crippen LogP contribution in [0.15, 0.2) is 36.4 Å². The van der Waals surface area contributed by atoms with E-state index >= 15 is 0 Å². The summed E-state index contributed by atoms with van der Waals surface area (Å²) < 4.78 is 16.4. The van der Waals surface area contributed by atoms with Crippen LogP contribution in [0.25, 0.3) is 0 Å². The summed E-state index contributed by atoms with van der Waals surface area (Å²) >= 11 is 6.19. The van der Waals surface area contributed by atoms with Crippen molar-refractivity contribution in [2.24, 2.45) is 0 Å². The molecule has 0 aliphatic carbocycles. The SMILES string of the molecule is Cc1ccc(NC(=O)[C@@H](C)OC(=O)c2cc(Cl)c3c(c2)OCCCO3)cc1. The minimum atomic E-state index is -0.978. The molecular weight excluding hydrogens is 370 g/mol. The number of hydrogen-bond acceptors (Lipinski definition) is 5. The van der Waals surface area contributed by atoms with Crippen molar-refractivity contribution in [1.82, 2.24) is 0 Å². The quantitative estimate of drug-likeness (QED) is 0.800. The Morgan fingerprint density at radius 1 is 1.15 bits per heavy atom. The lowest BCUT2D eigenvalue weighted by Gasteiger charge is -2.15. The van der Waals surface area contributed by atoms with Gasteiger partial charge in [0.1, 0.15) is 0 Å². The van der Waals surface area contributed by atoms with Gasteiger partial charge in [-0.05, 0) is 38.1 Å². The number of ether oxygens (including phenoxy) is 3. The van der Waals surface area contributed by atoms with Crippen LogP contribution in [0.3, 0.4) is 0 Å². The molecule has 142 valence electrons. The van der Waals surface area contributed by atoms with Crippen LogP contribution < -0.4 is 14.8 Å². The number of halogens is 1. The molecule has 0 radical (unpaired) electrons. The highest BCUT2D eigenvalue weighted by molar-refractivity contribution is 6.32. The molecule has 1 heterocycles. The number of carbonyl (C=O) groups is 2. The Balaban J connectivity index is 1.67. The average Bonchev–Trinajstić information content (AvgIpc) is 2.89. The van der Waals surface area contributed by atoms with Gasteiger partial charge in [0.15, 0.2) is 17.6 Å². The fraction of sp³-hybridized carbons (Fsp3) is 0.300. The number of amides is 1. The number of fused-ring (bicyclic) bond motifs is 1. The molecule has 1 aliphatic rings. The van der Waals surface area contributed by atoms with Crippen molar-refractivity contribution in [1.29, 1.82) is 0 Å². The topological polar surface area (TPSA) is 73.9 Å². The van der Waals surface area contributed by atoms with Gasteiger partial charge in [0.2, 0.25) is 0 Å². The van der Waals surface area contributed by atoms with E-state index in [1.165, 1.54) is 19.1 Å². The van der Waals surface area contributed by atoms with Crippen molar-refractivity contribution in [2.45, 2.75) is 26.4 Å². The molecule has 3 rings (SSSR count). The number of nitrogens with one attached hydrogen (secondary N) is 1. The normalized spacial score (nSPS) is 14.0. The molecule has 0 saturated carbocycles. The van der Waals surface area contributed by atoms with Crippen molar-refractivity contribution in [3.05, 3.63) is 52.5 Å². The van der Waals surface area contributed by atoms with Gasteiger partial charge in [-0.2, -0.15) is 0 Å². The first-order chi connectivity index (χ1) is 12.9. The molecule has 27 heavy (non-hydrogen) atoms. The first-order valence-corrected chi connectivity index (χ1v) is 8.99. The molecule has 1 N–H and O–H groups in total. The second-order valence-electron chi connectivity index (χ2n) is 6.24. The lowest BCUT2D eigenvalue weighted by molar-refractivity contribution is -0.123. The monoisotopic (exact) mass is 389 g/mol. The van der Waals surface area contributed by atoms with Crippen molar-refractivity contribution in [3.63, 3.8) is 0 Å². The Hall–Kier alpha value is -2.73. The van der Waals surface area contributed by atoms with Gasteiger partial charge in [-0.3, -0.25) is 4.79 Å². The third kappa shape index (κ3) is 4.71. The third-order valence-corrected chi connectivity index (χ3v) is 4.29. The first-order valence-electron chi connectivity index (χ1n) is 8.61. The van der Waals surface area contributed by atoms with E-state index in [-0.39, 0.29) is 10.6 Å². The summed E-state index contributed by atoms with van der Waals surface area (Å²) in [7, 11) is 0. The van der Waals surface area contributed by atoms with Gasteiger partial charge in [0, 0.05) is 12.1 Å². The highest BCUT2D eigenvalue weighted by Crippen LogP contribution is 2.38. The maximum absolute atomic E-state index is 12.4. The number of esters is 1. The van der Waals surface area contributed by atoms with Gasteiger partial charge in [-0.15, -0.1) is 0 Å². The lowest BCUT2D eigenvalue weighted by Crippen LogP contribution is -2.30. The standard InChI is InChI=1S/C20H20ClNO5/c1-12-4-6-15(7-5-12)22-19(23)13(2)27-20(24)14-10-16(21)18-17(11-14)25-8-3-9-26-18/h4-7,10-11,13H,3,8-9H2,1-2H3,(H,22,23)/t13-/m1/s1. The predicted molar refractivity (Wildman–Crippen MR) is 102 cm³/mol. The predicted octanol–water partition coefficient (Wildman–Crippen LogP) is 3.99. The Morgan fingerprint density at radius 2 is 1.85 bits per heavy atom. The third-order valence-electron chi connectivity index (χ3n) is 4.01. The minimum Gasteiger partial charge on any atom is -0.489 e. The van der Waals surface area contributed by atoms with E-state index in [4.69, 9.17) is 25.8 Å². The lowest BCUT2D eigenvalue weighted by atomic mass is 10.2. The summed E-state index contributed by atoms with van der Waals surface area (Å²) in [5, 5.41) is 2.97. The van der Waals surface area contributed by atoms with Gasteiger partial charge < -0.3 is 19.5 Å². The number of anilines is 1. The van der Waals surface area contributed by atoms with E-state index in [0.717, 1.165) is 12.0 Å². The smallest absolute Gasteiger partial charge is 0.339 e. The van der Waals surface area contributed by atoms with Crippen molar-refractivity contribution in [2.75, 3.05) is 18.5 Å². The molecule has 1 amide bonds. The molecular formula is C20H20ClNO5. The number of aryl methyl sites for hydroxylation is 1. The molecule has 2 aromatic rings. The molecule has 0 bridgehead atoms. The number of benzene rings is 2. The molecule has 2 aromatic carbocycles. The van der Waals surface area contributed by atoms with Crippen LogP contribution in [0.4, 0.5) is 5.69 Å². The van der Waals surface area contributed by atoms with Crippen LogP contribution in [-0.4, -0.2) is 31.2 Å². The molecule has 1 aliphatic heterocycles. The van der Waals surface area contributed by atoms with Crippen molar-refractivity contribution < 1.29 is 23.8 Å². The van der Waals surface area contributed by atoms with Crippen molar-refractivity contribution >= 4 is 29.2 Å². The van der Waals surface area contributed by atoms with E-state index in [0.29, 0.717) is 30.4 Å². The molecule has 0 unspecified atom stereocenters. The zero-order valence-electron chi connectivity index (χ0n) is 15.1. The summed E-state index contributed by atoms with van der Waals surface area (Å²) in [6.45, 7) is 4.42. The summed E-state index contributed by atoms with van der Waals surface area (Å²) in [4.78, 5) is 24.7. The van der Waals surface area contributed by atoms with Crippen LogP contribution >= 0.6 is 11.6 Å². The van der Waals surface area contributed by atoms with E-state index in [1.807, 2.05) is 19.1 Å². The second-order valence-corrected chi connectivity index (χ2v) is 6.65. The van der Waals surface area contributed by atoms with Crippen LogP contribution in [0.5, 0.6) is 11.5 Å². The maximum atomic E-state index is 12.4. The summed E-state index contributed by atoms with van der Waals surface area (Å²) in [6.07, 6.45) is -0.255. The number of rotatable bonds is 4. The Kier molecular flexibility index (Phi) is 5.86. The fourth-order valence-corrected chi connectivity index (χ4v) is 2.78. The zero-order chi connectivity index (χ0) is 19.4. The summed E-state index contributed by atoms with van der Waals surface area (Å²) in [6, 6.07) is 10.3. The van der Waals surface area contributed by atoms with Crippen LogP contribution in [-0.2, 0) is 9.53 Å². The summed E-state index contributed by atoms with van der Waals surface area (Å²) in [5.74, 6) is -0.286. The Labute approximate surface area is 162 Å². The first kappa shape index (κ1) is 19.0. The highest BCUT2D eigenvalue weighted by Gasteiger charge is 2.23.